The molecule has 32 heavy (non-hydrogen) atoms. The fourth-order valence-electron chi connectivity index (χ4n) is 4.31. The number of aryl methyl sites for hydroxylation is 2. The monoisotopic (exact) mass is 449 g/mol. The quantitative estimate of drug-likeness (QED) is 0.544. The molecule has 0 atom stereocenters. The van der Waals surface area contributed by atoms with E-state index >= 15 is 0 Å². The first-order valence-corrected chi connectivity index (χ1v) is 11.9. The zero-order valence-electron chi connectivity index (χ0n) is 18.5. The molecule has 1 aliphatic heterocycles. The first-order chi connectivity index (χ1) is 15.5. The van der Waals surface area contributed by atoms with Crippen LogP contribution in [0.4, 0.5) is 5.13 Å². The smallest absolute Gasteiger partial charge is 0.267 e. The van der Waals surface area contributed by atoms with Crippen LogP contribution in [-0.4, -0.2) is 28.1 Å². The summed E-state index contributed by atoms with van der Waals surface area (Å²) in [5.41, 5.74) is 2.99. The Kier molecular flexibility index (Phi) is 5.59. The maximum atomic E-state index is 13.4. The maximum Gasteiger partial charge on any atom is 0.267 e. The van der Waals surface area contributed by atoms with Gasteiger partial charge in [0.1, 0.15) is 5.60 Å². The summed E-state index contributed by atoms with van der Waals surface area (Å²) in [6.07, 6.45) is 8.69. The van der Waals surface area contributed by atoms with Gasteiger partial charge in [-0.05, 0) is 63.3 Å². The van der Waals surface area contributed by atoms with Crippen LogP contribution < -0.4 is 14.4 Å². The predicted molar refractivity (Wildman–Crippen MR) is 125 cm³/mol. The zero-order valence-corrected chi connectivity index (χ0v) is 19.3. The van der Waals surface area contributed by atoms with E-state index in [9.17, 15) is 4.79 Å². The van der Waals surface area contributed by atoms with E-state index in [0.29, 0.717) is 12.3 Å². The highest BCUT2D eigenvalue weighted by Gasteiger charge is 2.32. The number of fused-ring (bicyclic) bond motifs is 2. The summed E-state index contributed by atoms with van der Waals surface area (Å²) in [5, 5.41) is 0.748. The van der Waals surface area contributed by atoms with Crippen LogP contribution in [0, 0.1) is 0 Å². The summed E-state index contributed by atoms with van der Waals surface area (Å²) in [5.74, 6) is 1.24. The molecule has 0 saturated carbocycles. The third-order valence-electron chi connectivity index (χ3n) is 5.86. The van der Waals surface area contributed by atoms with Crippen LogP contribution in [0.3, 0.4) is 0 Å². The van der Waals surface area contributed by atoms with Gasteiger partial charge in [-0.2, -0.15) is 0 Å². The first-order valence-electron chi connectivity index (χ1n) is 11.1. The van der Waals surface area contributed by atoms with Gasteiger partial charge in [0, 0.05) is 29.3 Å². The Bertz CT molecular complexity index is 1100. The van der Waals surface area contributed by atoms with E-state index < -0.39 is 0 Å². The normalized spacial score (nSPS) is 16.1. The summed E-state index contributed by atoms with van der Waals surface area (Å²) < 4.78 is 12.1. The zero-order chi connectivity index (χ0) is 22.1. The van der Waals surface area contributed by atoms with Gasteiger partial charge >= 0.3 is 0 Å². The lowest BCUT2D eigenvalue weighted by Crippen LogP contribution is -2.34. The number of hydrogen-bond donors (Lipinski definition) is 0. The molecule has 0 unspecified atom stereocenters. The van der Waals surface area contributed by atoms with Crippen molar-refractivity contribution in [3.63, 3.8) is 0 Å². The van der Waals surface area contributed by atoms with Crippen LogP contribution in [0.25, 0.3) is 0 Å². The molecule has 5 rings (SSSR count). The van der Waals surface area contributed by atoms with Gasteiger partial charge in [-0.1, -0.05) is 12.1 Å². The van der Waals surface area contributed by atoms with Crippen molar-refractivity contribution in [1.82, 2.24) is 9.97 Å². The van der Waals surface area contributed by atoms with Crippen molar-refractivity contribution >= 4 is 22.4 Å². The van der Waals surface area contributed by atoms with Gasteiger partial charge in [0.2, 0.25) is 0 Å². The Balaban J connectivity index is 1.37. The summed E-state index contributed by atoms with van der Waals surface area (Å²) in [4.78, 5) is 25.3. The van der Waals surface area contributed by atoms with Crippen molar-refractivity contribution in [2.24, 2.45) is 0 Å². The van der Waals surface area contributed by atoms with E-state index in [0.717, 1.165) is 53.4 Å². The highest BCUT2D eigenvalue weighted by molar-refractivity contribution is 7.15. The van der Waals surface area contributed by atoms with Crippen LogP contribution in [0.2, 0.25) is 0 Å². The minimum Gasteiger partial charge on any atom is -0.483 e. The number of hydrogen-bond acceptors (Lipinski definition) is 6. The van der Waals surface area contributed by atoms with E-state index in [-0.39, 0.29) is 18.1 Å². The summed E-state index contributed by atoms with van der Waals surface area (Å²) in [6, 6.07) is 9.72. The van der Waals surface area contributed by atoms with Crippen molar-refractivity contribution in [1.29, 1.82) is 0 Å². The number of rotatable bonds is 6. The minimum atomic E-state index is -0.265. The van der Waals surface area contributed by atoms with E-state index in [1.54, 1.807) is 28.6 Å². The van der Waals surface area contributed by atoms with Crippen LogP contribution >= 0.6 is 11.3 Å². The number of para-hydroxylation sites is 1. The fraction of sp³-hybridized carbons (Fsp3) is 0.400. The molecule has 2 aromatic heterocycles. The molecule has 3 aromatic rings. The molecule has 0 spiro atoms. The minimum absolute atomic E-state index is 0.0738. The van der Waals surface area contributed by atoms with E-state index in [1.807, 2.05) is 24.3 Å². The van der Waals surface area contributed by atoms with Gasteiger partial charge in [-0.15, -0.1) is 11.3 Å². The van der Waals surface area contributed by atoms with Gasteiger partial charge in [-0.25, -0.2) is 4.98 Å². The highest BCUT2D eigenvalue weighted by atomic mass is 32.1. The topological polar surface area (TPSA) is 64.5 Å². The van der Waals surface area contributed by atoms with Gasteiger partial charge in [0.25, 0.3) is 5.91 Å². The molecule has 0 bridgehead atoms. The van der Waals surface area contributed by atoms with Crippen molar-refractivity contribution in [2.45, 2.75) is 58.1 Å². The number of ether oxygens (including phenoxy) is 2. The number of aromatic nitrogens is 2. The second-order valence-corrected chi connectivity index (χ2v) is 10.0. The Morgan fingerprint density at radius 3 is 2.81 bits per heavy atom. The van der Waals surface area contributed by atoms with Gasteiger partial charge < -0.3 is 9.47 Å². The lowest BCUT2D eigenvalue weighted by molar-refractivity contribution is -0.120. The van der Waals surface area contributed by atoms with Crippen LogP contribution in [0.5, 0.6) is 11.5 Å². The molecule has 0 saturated heterocycles. The largest absolute Gasteiger partial charge is 0.483 e. The number of pyridine rings is 1. The van der Waals surface area contributed by atoms with Crippen molar-refractivity contribution in [3.8, 4) is 11.5 Å². The van der Waals surface area contributed by atoms with E-state index in [2.05, 4.69) is 24.9 Å². The second kappa shape index (κ2) is 8.54. The van der Waals surface area contributed by atoms with Crippen LogP contribution in [-0.2, 0) is 30.6 Å². The first kappa shape index (κ1) is 20.9. The molecule has 1 aromatic carbocycles. The van der Waals surface area contributed by atoms with E-state index in [4.69, 9.17) is 14.5 Å². The molecule has 3 heterocycles. The molecule has 7 heteroatoms. The van der Waals surface area contributed by atoms with Crippen LogP contribution in [0.15, 0.2) is 42.7 Å². The second-order valence-electron chi connectivity index (χ2n) is 8.98. The molecular weight excluding hydrogens is 422 g/mol. The van der Waals surface area contributed by atoms with Gasteiger partial charge in [0.05, 0.1) is 12.2 Å². The van der Waals surface area contributed by atoms with Gasteiger partial charge in [0.15, 0.2) is 23.2 Å². The maximum absolute atomic E-state index is 13.4. The highest BCUT2D eigenvalue weighted by Crippen LogP contribution is 2.42. The molecule has 0 N–H and O–H groups in total. The Labute approximate surface area is 192 Å². The third kappa shape index (κ3) is 4.35. The molecule has 6 nitrogen and oxygen atoms in total. The average molecular weight is 450 g/mol. The molecule has 0 fully saturated rings. The molecule has 2 aliphatic rings. The Hall–Kier alpha value is -2.93. The lowest BCUT2D eigenvalue weighted by atomic mass is 10.0. The molecule has 0 radical (unpaired) electrons. The van der Waals surface area contributed by atoms with Crippen molar-refractivity contribution < 1.29 is 14.3 Å². The molecule has 1 aliphatic carbocycles. The number of nitrogens with zero attached hydrogens (tertiary/aromatic N) is 3. The van der Waals surface area contributed by atoms with Gasteiger partial charge in [-0.3, -0.25) is 14.7 Å². The average Bonchev–Trinajstić information content (AvgIpc) is 3.35. The third-order valence-corrected chi connectivity index (χ3v) is 7.04. The Morgan fingerprint density at radius 1 is 1.19 bits per heavy atom. The summed E-state index contributed by atoms with van der Waals surface area (Å²) >= 11 is 1.63. The van der Waals surface area contributed by atoms with Crippen molar-refractivity contribution in [2.75, 3.05) is 11.5 Å². The molecule has 166 valence electrons. The van der Waals surface area contributed by atoms with Crippen LogP contribution in [0.1, 0.15) is 48.4 Å². The number of carbonyl (C=O) groups is 1. The summed E-state index contributed by atoms with van der Waals surface area (Å²) in [7, 11) is 0. The van der Waals surface area contributed by atoms with Crippen molar-refractivity contribution in [3.05, 3.63) is 64.4 Å². The fourth-order valence-corrected chi connectivity index (χ4v) is 5.47. The lowest BCUT2D eigenvalue weighted by Gasteiger charge is -2.21. The number of benzene rings is 1. The molecule has 1 amide bonds. The number of anilines is 1. The number of carbonyl (C=O) groups excluding carboxylic acids is 1. The number of amides is 1. The molecular formula is C25H27N3O3S. The number of thiazole rings is 1. The standard InChI is InChI=1S/C25H27N3O3S/c1-25(2)14-18-6-5-8-20(23(18)31-25)30-16-22(29)28(15-17-10-12-26-13-11-17)24-27-19-7-3-4-9-21(19)32-24/h5-6,8,10-13H,3-4,7,9,14-16H2,1-2H3. The Morgan fingerprint density at radius 2 is 2.00 bits per heavy atom. The summed E-state index contributed by atoms with van der Waals surface area (Å²) in [6.45, 7) is 4.48. The SMILES string of the molecule is CC1(C)Cc2cccc(OCC(=O)N(Cc3ccncc3)c3nc4c(s3)CCCC4)c2O1. The van der Waals surface area contributed by atoms with E-state index in [1.165, 1.54) is 11.3 Å². The predicted octanol–water partition coefficient (Wildman–Crippen LogP) is 4.74.